The van der Waals surface area contributed by atoms with Gasteiger partial charge in [-0.25, -0.2) is 9.78 Å². The Morgan fingerprint density at radius 2 is 1.57 bits per heavy atom. The van der Waals surface area contributed by atoms with Crippen molar-refractivity contribution in [3.05, 3.63) is 108 Å². The molecule has 7 nitrogen and oxygen atoms in total. The normalized spacial score (nSPS) is 13.6. The van der Waals surface area contributed by atoms with Gasteiger partial charge in [0.2, 0.25) is 5.88 Å². The number of pyridine rings is 2. The standard InChI is InChI=1S/C33H35N3O4/c1-24-5-16-32(35-22-24)39-29-13-11-28(12-14-29)38-23-27-17-20-36(21-18-27)33(37)40-30-9-6-26(7-10-30)8-15-31-25(2)4-3-19-34-31/h3-7,9-14,16,19,22,27H,8,15,17-18,20-21,23H2,1-2H3. The number of carbonyl (C=O) groups is 1. The molecule has 1 aliphatic rings. The zero-order valence-electron chi connectivity index (χ0n) is 23.1. The number of aromatic nitrogens is 2. The Kier molecular flexibility index (Phi) is 8.91. The Labute approximate surface area is 235 Å². The Morgan fingerprint density at radius 1 is 0.850 bits per heavy atom. The van der Waals surface area contributed by atoms with E-state index in [1.54, 1.807) is 11.1 Å². The van der Waals surface area contributed by atoms with Gasteiger partial charge in [-0.15, -0.1) is 0 Å². The van der Waals surface area contributed by atoms with Crippen LogP contribution in [0.15, 0.2) is 85.2 Å². The summed E-state index contributed by atoms with van der Waals surface area (Å²) in [5.41, 5.74) is 4.61. The van der Waals surface area contributed by atoms with E-state index in [0.29, 0.717) is 43.0 Å². The first kappa shape index (κ1) is 27.2. The predicted octanol–water partition coefficient (Wildman–Crippen LogP) is 6.96. The Morgan fingerprint density at radius 3 is 2.27 bits per heavy atom. The highest BCUT2D eigenvalue weighted by Gasteiger charge is 2.24. The molecule has 1 aliphatic heterocycles. The molecule has 4 aromatic rings. The molecule has 0 N–H and O–H groups in total. The number of carbonyl (C=O) groups excluding carboxylic acids is 1. The third-order valence-corrected chi connectivity index (χ3v) is 7.19. The molecule has 0 unspecified atom stereocenters. The molecular weight excluding hydrogens is 502 g/mol. The average Bonchev–Trinajstić information content (AvgIpc) is 2.98. The maximum atomic E-state index is 12.7. The molecule has 1 fully saturated rings. The molecule has 2 aromatic carbocycles. The van der Waals surface area contributed by atoms with Gasteiger partial charge >= 0.3 is 6.09 Å². The lowest BCUT2D eigenvalue weighted by atomic mass is 9.98. The number of amides is 1. The summed E-state index contributed by atoms with van der Waals surface area (Å²) in [6.07, 6.45) is 6.85. The summed E-state index contributed by atoms with van der Waals surface area (Å²) < 4.78 is 17.4. The van der Waals surface area contributed by atoms with Crippen LogP contribution in [0.5, 0.6) is 23.1 Å². The van der Waals surface area contributed by atoms with Gasteiger partial charge < -0.3 is 19.1 Å². The molecule has 7 heteroatoms. The largest absolute Gasteiger partial charge is 0.493 e. The van der Waals surface area contributed by atoms with Gasteiger partial charge in [0.25, 0.3) is 0 Å². The third-order valence-electron chi connectivity index (χ3n) is 7.19. The van der Waals surface area contributed by atoms with E-state index in [1.807, 2.05) is 79.9 Å². The topological polar surface area (TPSA) is 73.8 Å². The van der Waals surface area contributed by atoms with E-state index < -0.39 is 0 Å². The van der Waals surface area contributed by atoms with Crippen molar-refractivity contribution in [1.82, 2.24) is 14.9 Å². The lowest BCUT2D eigenvalue weighted by Gasteiger charge is -2.31. The quantitative estimate of drug-likeness (QED) is 0.230. The average molecular weight is 538 g/mol. The summed E-state index contributed by atoms with van der Waals surface area (Å²) in [6.45, 7) is 6.00. The van der Waals surface area contributed by atoms with Crippen LogP contribution in [0, 0.1) is 19.8 Å². The van der Waals surface area contributed by atoms with Gasteiger partial charge in [-0.05, 0) is 105 Å². The molecule has 0 aliphatic carbocycles. The highest BCUT2D eigenvalue weighted by atomic mass is 16.6. The predicted molar refractivity (Wildman–Crippen MR) is 154 cm³/mol. The lowest BCUT2D eigenvalue weighted by Crippen LogP contribution is -2.41. The fourth-order valence-corrected chi connectivity index (χ4v) is 4.67. The minimum atomic E-state index is -0.296. The molecule has 0 radical (unpaired) electrons. The number of nitrogens with zero attached hydrogens (tertiary/aromatic N) is 3. The Bertz CT molecular complexity index is 1380. The van der Waals surface area contributed by atoms with Crippen LogP contribution >= 0.6 is 0 Å². The number of ether oxygens (including phenoxy) is 3. The molecule has 2 aromatic heterocycles. The van der Waals surface area contributed by atoms with E-state index in [9.17, 15) is 4.79 Å². The molecule has 1 saturated heterocycles. The van der Waals surface area contributed by atoms with Crippen LogP contribution in [0.4, 0.5) is 4.79 Å². The zero-order chi connectivity index (χ0) is 27.7. The highest BCUT2D eigenvalue weighted by Crippen LogP contribution is 2.25. The Balaban J connectivity index is 1.01. The first-order chi connectivity index (χ1) is 19.5. The number of piperidine rings is 1. The van der Waals surface area contributed by atoms with E-state index >= 15 is 0 Å². The van der Waals surface area contributed by atoms with Crippen LogP contribution in [0.2, 0.25) is 0 Å². The highest BCUT2D eigenvalue weighted by molar-refractivity contribution is 5.70. The summed E-state index contributed by atoms with van der Waals surface area (Å²) >= 11 is 0. The van der Waals surface area contributed by atoms with Gasteiger partial charge in [0.1, 0.15) is 17.2 Å². The van der Waals surface area contributed by atoms with Crippen molar-refractivity contribution in [2.45, 2.75) is 39.5 Å². The maximum Gasteiger partial charge on any atom is 0.415 e. The number of rotatable bonds is 9. The van der Waals surface area contributed by atoms with E-state index in [2.05, 4.69) is 23.0 Å². The zero-order valence-corrected chi connectivity index (χ0v) is 23.1. The molecule has 1 amide bonds. The summed E-state index contributed by atoms with van der Waals surface area (Å²) in [7, 11) is 0. The van der Waals surface area contributed by atoms with E-state index in [4.69, 9.17) is 14.2 Å². The van der Waals surface area contributed by atoms with Gasteiger partial charge in [-0.1, -0.05) is 24.3 Å². The molecule has 206 valence electrons. The first-order valence-corrected chi connectivity index (χ1v) is 13.8. The molecule has 3 heterocycles. The molecule has 0 spiro atoms. The fraction of sp³-hybridized carbons (Fsp3) is 0.303. The molecule has 0 bridgehead atoms. The van der Waals surface area contributed by atoms with E-state index in [0.717, 1.165) is 42.7 Å². The van der Waals surface area contributed by atoms with Gasteiger partial charge in [0.15, 0.2) is 0 Å². The second-order valence-corrected chi connectivity index (χ2v) is 10.3. The molecule has 5 rings (SSSR count). The van der Waals surface area contributed by atoms with Crippen molar-refractivity contribution >= 4 is 6.09 Å². The van der Waals surface area contributed by atoms with E-state index in [-0.39, 0.29) is 6.09 Å². The number of aryl methyl sites for hydroxylation is 4. The van der Waals surface area contributed by atoms with Gasteiger partial charge in [-0.3, -0.25) is 4.98 Å². The van der Waals surface area contributed by atoms with Crippen LogP contribution in [-0.2, 0) is 12.8 Å². The smallest absolute Gasteiger partial charge is 0.415 e. The van der Waals surface area contributed by atoms with Crippen molar-refractivity contribution in [1.29, 1.82) is 0 Å². The lowest BCUT2D eigenvalue weighted by molar-refractivity contribution is 0.117. The van der Waals surface area contributed by atoms with Gasteiger partial charge in [0.05, 0.1) is 6.61 Å². The maximum absolute atomic E-state index is 12.7. The van der Waals surface area contributed by atoms with Crippen LogP contribution in [0.3, 0.4) is 0 Å². The van der Waals surface area contributed by atoms with Crippen LogP contribution in [-0.4, -0.2) is 40.7 Å². The van der Waals surface area contributed by atoms with Crippen molar-refractivity contribution < 1.29 is 19.0 Å². The van der Waals surface area contributed by atoms with Crippen LogP contribution in [0.25, 0.3) is 0 Å². The van der Waals surface area contributed by atoms with Crippen molar-refractivity contribution in [3.63, 3.8) is 0 Å². The second-order valence-electron chi connectivity index (χ2n) is 10.3. The molecule has 0 saturated carbocycles. The first-order valence-electron chi connectivity index (χ1n) is 13.8. The number of benzene rings is 2. The minimum absolute atomic E-state index is 0.296. The van der Waals surface area contributed by atoms with Crippen molar-refractivity contribution in [2.24, 2.45) is 5.92 Å². The molecule has 0 atom stereocenters. The van der Waals surface area contributed by atoms with Gasteiger partial charge in [-0.2, -0.15) is 0 Å². The monoisotopic (exact) mass is 537 g/mol. The fourth-order valence-electron chi connectivity index (χ4n) is 4.67. The summed E-state index contributed by atoms with van der Waals surface area (Å²) in [4.78, 5) is 23.2. The molecule has 40 heavy (non-hydrogen) atoms. The van der Waals surface area contributed by atoms with Crippen molar-refractivity contribution in [2.75, 3.05) is 19.7 Å². The minimum Gasteiger partial charge on any atom is -0.493 e. The van der Waals surface area contributed by atoms with Crippen molar-refractivity contribution in [3.8, 4) is 23.1 Å². The SMILES string of the molecule is Cc1ccc(Oc2ccc(OCC3CCN(C(=O)Oc4ccc(CCc5ncccc5C)cc4)CC3)cc2)nc1. The Hall–Kier alpha value is -4.39. The van der Waals surface area contributed by atoms with Crippen LogP contribution in [0.1, 0.15) is 35.2 Å². The summed E-state index contributed by atoms with van der Waals surface area (Å²) in [5.74, 6) is 3.03. The number of hydrogen-bond acceptors (Lipinski definition) is 6. The van der Waals surface area contributed by atoms with Crippen LogP contribution < -0.4 is 14.2 Å². The molecular formula is C33H35N3O4. The third kappa shape index (κ3) is 7.59. The summed E-state index contributed by atoms with van der Waals surface area (Å²) in [5, 5.41) is 0. The van der Waals surface area contributed by atoms with Gasteiger partial charge in [0, 0.05) is 37.2 Å². The summed E-state index contributed by atoms with van der Waals surface area (Å²) in [6, 6.07) is 23.2. The number of likely N-dealkylation sites (tertiary alicyclic amines) is 1. The number of hydrogen-bond donors (Lipinski definition) is 0. The second kappa shape index (κ2) is 13.1. The van der Waals surface area contributed by atoms with E-state index in [1.165, 1.54) is 11.1 Å².